The molecule has 2 saturated heterocycles. The van der Waals surface area contributed by atoms with E-state index in [1.54, 1.807) is 138 Å². The van der Waals surface area contributed by atoms with Crippen LogP contribution in [0.5, 0.6) is 34.5 Å². The van der Waals surface area contributed by atoms with Crippen LogP contribution in [0.3, 0.4) is 0 Å². The minimum atomic E-state index is -4.98. The Hall–Kier alpha value is -10.6. The number of methoxy groups -OCH3 is 4. The molecule has 0 spiro atoms. The maximum Gasteiger partial charge on any atom is 0.418 e. The predicted octanol–water partition coefficient (Wildman–Crippen LogP) is 22.1. The van der Waals surface area contributed by atoms with E-state index in [0.717, 1.165) is 35.1 Å². The van der Waals surface area contributed by atoms with E-state index in [-0.39, 0.29) is 143 Å². The van der Waals surface area contributed by atoms with Crippen molar-refractivity contribution >= 4 is 104 Å². The highest BCUT2D eigenvalue weighted by atomic mass is 35.5. The topological polar surface area (TPSA) is 205 Å². The Morgan fingerprint density at radius 3 is 1.06 bits per heavy atom. The van der Waals surface area contributed by atoms with E-state index in [0.29, 0.717) is 61.8 Å². The smallest absolute Gasteiger partial charge is 0.418 e. The number of anilines is 4. The summed E-state index contributed by atoms with van der Waals surface area (Å²) in [6.45, 7) is 19.3. The van der Waals surface area contributed by atoms with Gasteiger partial charge in [0, 0.05) is 52.4 Å². The van der Waals surface area contributed by atoms with Crippen molar-refractivity contribution in [3.63, 3.8) is 0 Å². The molecule has 4 aromatic heterocycles. The standard InChI is InChI=1S/2C45H48Cl2F4N6O5/c2*1-8-9-28-23-57-29(18-19-56(28)43(58)62-44(3,4)5)24-61-40-34-39(53-42(47)54-41(34)57)37(48)33(36(40)46)38-35(45(49,50)51)25(2)20-32(52-38)55(21-26-10-14-30(59-6)15-11-26)22-27-12-16-31(60-7)17-13-27/h2*10-17,20,28-29H,8-9,18-19,21-24H2,1-7H3/t2*28-,29+/m11/s1. The second-order valence-electron chi connectivity index (χ2n) is 32.9. The zero-order valence-corrected chi connectivity index (χ0v) is 74.0. The van der Waals surface area contributed by atoms with Crippen LogP contribution in [0.2, 0.25) is 20.6 Å². The van der Waals surface area contributed by atoms with Gasteiger partial charge in [0.2, 0.25) is 10.6 Å². The summed E-state index contributed by atoms with van der Waals surface area (Å²) in [6.07, 6.45) is -7.40. The van der Waals surface area contributed by atoms with Crippen LogP contribution in [-0.4, -0.2) is 155 Å². The molecule has 124 heavy (non-hydrogen) atoms. The number of rotatable bonds is 20. The summed E-state index contributed by atoms with van der Waals surface area (Å²) in [5.41, 5.74) is -4.50. The minimum absolute atomic E-state index is 0.0228. The molecule has 0 aliphatic carbocycles. The van der Waals surface area contributed by atoms with Gasteiger partial charge >= 0.3 is 24.5 Å². The molecule has 14 rings (SSSR count). The summed E-state index contributed by atoms with van der Waals surface area (Å²) in [5, 5.41) is -1.44. The molecule has 2 amide bonds. The number of nitrogens with zero attached hydrogens (tertiary/aromatic N) is 12. The summed E-state index contributed by atoms with van der Waals surface area (Å²) < 4.78 is 172. The van der Waals surface area contributed by atoms with E-state index in [1.165, 1.54) is 26.0 Å². The molecule has 34 heteroatoms. The third-order valence-corrected chi connectivity index (χ3v) is 23.0. The number of ether oxygens (including phenoxy) is 8. The Morgan fingerprint density at radius 2 is 0.782 bits per heavy atom. The van der Waals surface area contributed by atoms with E-state index in [9.17, 15) is 9.59 Å². The molecule has 4 aliphatic rings. The summed E-state index contributed by atoms with van der Waals surface area (Å²) in [4.78, 5) is 64.7. The first kappa shape index (κ1) is 91.1. The molecule has 2 fully saturated rings. The van der Waals surface area contributed by atoms with Crippen LogP contribution in [0.4, 0.5) is 68.0 Å². The van der Waals surface area contributed by atoms with Crippen LogP contribution in [0, 0.1) is 25.5 Å². The SMILES string of the molecule is CCC[C@@H]1CN2c3nc(Cl)nc4c(F)c(-c5nc(N(Cc6ccc(OC)cc6)Cc6ccc(OC)cc6)cc(C)c5C(F)(F)F)c(Cl)c(c34)OC[C@@H]2CCN1C(=O)OC(C)(C)C.CCC[C@@H]1CN2c3nc(Cl)nc4c(F)c(-c5nc(N(Cc6ccc(OC)cc6)Cc6ccc(OC)cc6)cc(C)c5C(F)(F)F)c(Cl)c(c34)OC[C@@H]2CCN1C(=O)OC(C)(C)C. The Morgan fingerprint density at radius 1 is 0.476 bits per heavy atom. The third kappa shape index (κ3) is 19.9. The number of hydrogen-bond acceptors (Lipinski definition) is 20. The van der Waals surface area contributed by atoms with E-state index >= 15 is 35.1 Å². The Balaban J connectivity index is 0.000000213. The number of pyridine rings is 2. The van der Waals surface area contributed by atoms with Gasteiger partial charge in [-0.3, -0.25) is 0 Å². The van der Waals surface area contributed by atoms with Crippen molar-refractivity contribution in [3.8, 4) is 57.0 Å². The molecular weight excluding hydrogens is 1700 g/mol. The van der Waals surface area contributed by atoms with E-state index in [2.05, 4.69) is 29.9 Å². The van der Waals surface area contributed by atoms with Gasteiger partial charge in [-0.15, -0.1) is 0 Å². The van der Waals surface area contributed by atoms with Crippen LogP contribution in [-0.2, 0) is 48.0 Å². The van der Waals surface area contributed by atoms with Gasteiger partial charge in [-0.2, -0.15) is 36.3 Å². The van der Waals surface area contributed by atoms with Crippen LogP contribution >= 0.6 is 46.4 Å². The van der Waals surface area contributed by atoms with Crippen LogP contribution in [0.15, 0.2) is 109 Å². The van der Waals surface area contributed by atoms with Crippen molar-refractivity contribution in [2.45, 2.75) is 182 Å². The average molecular weight is 1800 g/mol. The Kier molecular flexibility index (Phi) is 27.4. The lowest BCUT2D eigenvalue weighted by atomic mass is 9.98. The zero-order chi connectivity index (χ0) is 89.3. The maximum absolute atomic E-state index is 17.5. The number of aryl methyl sites for hydroxylation is 2. The highest BCUT2D eigenvalue weighted by molar-refractivity contribution is 6.37. The fourth-order valence-electron chi connectivity index (χ4n) is 16.2. The van der Waals surface area contributed by atoms with Gasteiger partial charge in [-0.25, -0.2) is 38.3 Å². The first-order valence-corrected chi connectivity index (χ1v) is 42.1. The monoisotopic (exact) mass is 1800 g/mol. The minimum Gasteiger partial charge on any atom is -0.497 e. The van der Waals surface area contributed by atoms with Crippen LogP contribution < -0.4 is 48.0 Å². The van der Waals surface area contributed by atoms with Gasteiger partial charge in [0.25, 0.3) is 0 Å². The molecule has 8 heterocycles. The highest BCUT2D eigenvalue weighted by Gasteiger charge is 2.46. The summed E-state index contributed by atoms with van der Waals surface area (Å²) in [7, 11) is 6.21. The van der Waals surface area contributed by atoms with Gasteiger partial charge < -0.3 is 67.3 Å². The van der Waals surface area contributed by atoms with Crippen LogP contribution in [0.25, 0.3) is 44.3 Å². The quantitative estimate of drug-likeness (QED) is 0.0514. The lowest BCUT2D eigenvalue weighted by molar-refractivity contribution is -0.138. The zero-order valence-electron chi connectivity index (χ0n) is 71.0. The van der Waals surface area contributed by atoms with Crippen molar-refractivity contribution in [2.75, 3.05) is 87.4 Å². The van der Waals surface area contributed by atoms with Crippen molar-refractivity contribution in [3.05, 3.63) is 186 Å². The second-order valence-corrected chi connectivity index (χ2v) is 34.4. The van der Waals surface area contributed by atoms with Crippen LogP contribution in [0.1, 0.15) is 138 Å². The molecule has 22 nitrogen and oxygen atoms in total. The molecule has 0 N–H and O–H groups in total. The van der Waals surface area contributed by atoms with Crippen molar-refractivity contribution in [1.82, 2.24) is 39.7 Å². The van der Waals surface area contributed by atoms with Crippen molar-refractivity contribution in [2.24, 2.45) is 0 Å². The largest absolute Gasteiger partial charge is 0.497 e. The number of amides is 2. The molecule has 0 saturated carbocycles. The van der Waals surface area contributed by atoms with E-state index in [4.69, 9.17) is 84.3 Å². The van der Waals surface area contributed by atoms with Gasteiger partial charge in [0.1, 0.15) is 81.7 Å². The molecule has 4 aliphatic heterocycles. The van der Waals surface area contributed by atoms with Crippen molar-refractivity contribution in [1.29, 1.82) is 0 Å². The summed E-state index contributed by atoms with van der Waals surface area (Å²) in [6, 6.07) is 30.2. The number of carbonyl (C=O) groups is 2. The van der Waals surface area contributed by atoms with Gasteiger partial charge in [-0.1, -0.05) is 98.4 Å². The normalized spacial score (nSPS) is 16.6. The summed E-state index contributed by atoms with van der Waals surface area (Å²) in [5.74, 6) is 0.618. The molecule has 4 atom stereocenters. The molecule has 0 radical (unpaired) electrons. The van der Waals surface area contributed by atoms with E-state index in [1.807, 2.05) is 72.2 Å². The lowest BCUT2D eigenvalue weighted by Crippen LogP contribution is -2.47. The number of alkyl halides is 6. The molecule has 10 aromatic rings. The number of hydrogen-bond donors (Lipinski definition) is 0. The molecule has 660 valence electrons. The number of fused-ring (bicyclic) bond motifs is 4. The number of aromatic nitrogens is 6. The predicted molar refractivity (Wildman–Crippen MR) is 462 cm³/mol. The summed E-state index contributed by atoms with van der Waals surface area (Å²) >= 11 is 27.4. The van der Waals surface area contributed by atoms with E-state index < -0.39 is 103 Å². The first-order chi connectivity index (χ1) is 58.8. The molecule has 0 unspecified atom stereocenters. The first-order valence-electron chi connectivity index (χ1n) is 40.5. The fraction of sp³-hybridized carbons (Fsp3) is 0.422. The third-order valence-electron chi connectivity index (χ3n) is 22.0. The Labute approximate surface area is 733 Å². The van der Waals surface area contributed by atoms with Gasteiger partial charge in [-0.05, 0) is 198 Å². The number of carbonyl (C=O) groups excluding carboxylic acids is 2. The fourth-order valence-corrected chi connectivity index (χ4v) is 17.2. The van der Waals surface area contributed by atoms with Gasteiger partial charge in [0.15, 0.2) is 23.1 Å². The van der Waals surface area contributed by atoms with Crippen molar-refractivity contribution < 1.29 is 82.6 Å². The van der Waals surface area contributed by atoms with Gasteiger partial charge in [0.05, 0.1) is 107 Å². The molecule has 6 aromatic carbocycles. The number of halogens is 12. The average Bonchev–Trinajstić information content (AvgIpc) is 1.23. The highest BCUT2D eigenvalue weighted by Crippen LogP contribution is 2.54. The molecule has 0 bridgehead atoms. The molecular formula is C90H96Cl4F8N12O10. The lowest BCUT2D eigenvalue weighted by Gasteiger charge is -2.34. The number of benzene rings is 6. The second kappa shape index (κ2) is 37.3. The Bertz CT molecular complexity index is 5140. The maximum atomic E-state index is 17.5.